The number of aromatic nitrogens is 3. The topological polar surface area (TPSA) is 14.3 Å². The van der Waals surface area contributed by atoms with Crippen LogP contribution in [0.2, 0.25) is 0 Å². The Morgan fingerprint density at radius 2 is 0.980 bits per heavy atom. The SMILES string of the molecule is C1=c2c(n3c4cccc5c4c4c(cccc4n5-c4ccc5c(c4)c4ccccc4n5-c4ccc(-c5ccccc5)cc4)c4cccc2c43)=CCC1. The van der Waals surface area contributed by atoms with E-state index in [1.54, 1.807) is 0 Å². The lowest BCUT2D eigenvalue weighted by Gasteiger charge is -2.11. The molecule has 0 N–H and O–H groups in total. The minimum absolute atomic E-state index is 1.07. The molecule has 0 fully saturated rings. The van der Waals surface area contributed by atoms with E-state index in [1.165, 1.54) is 98.2 Å². The molecule has 0 saturated heterocycles. The number of para-hydroxylation sites is 2. The minimum Gasteiger partial charge on any atom is -0.309 e. The smallest absolute Gasteiger partial charge is 0.0619 e. The third-order valence-electron chi connectivity index (χ3n) is 11.4. The van der Waals surface area contributed by atoms with Gasteiger partial charge in [-0.2, -0.15) is 0 Å². The molecule has 3 heteroatoms. The number of rotatable bonds is 3. The molecule has 0 bridgehead atoms. The molecule has 0 amide bonds. The molecule has 0 spiro atoms. The summed E-state index contributed by atoms with van der Waals surface area (Å²) >= 11 is 0. The first kappa shape index (κ1) is 27.3. The monoisotopic (exact) mass is 649 g/mol. The number of benzene rings is 7. The van der Waals surface area contributed by atoms with Crippen molar-refractivity contribution in [1.29, 1.82) is 0 Å². The maximum Gasteiger partial charge on any atom is 0.0619 e. The third kappa shape index (κ3) is 3.57. The second-order valence-corrected chi connectivity index (χ2v) is 14.0. The molecule has 7 aromatic carbocycles. The maximum absolute atomic E-state index is 2.56. The fourth-order valence-electron chi connectivity index (χ4n) is 9.30. The van der Waals surface area contributed by atoms with E-state index >= 15 is 0 Å². The van der Waals surface area contributed by atoms with Gasteiger partial charge in [0.2, 0.25) is 0 Å². The van der Waals surface area contributed by atoms with Gasteiger partial charge >= 0.3 is 0 Å². The van der Waals surface area contributed by atoms with Crippen molar-refractivity contribution in [3.05, 3.63) is 162 Å². The molecule has 51 heavy (non-hydrogen) atoms. The van der Waals surface area contributed by atoms with Crippen LogP contribution in [-0.4, -0.2) is 13.5 Å². The Balaban J connectivity index is 1.15. The zero-order valence-corrected chi connectivity index (χ0v) is 27.8. The van der Waals surface area contributed by atoms with Crippen molar-refractivity contribution in [3.8, 4) is 22.5 Å². The van der Waals surface area contributed by atoms with E-state index in [9.17, 15) is 0 Å². The highest BCUT2D eigenvalue weighted by atomic mass is 15.0. The Hall–Kier alpha value is -6.58. The average Bonchev–Trinajstić information content (AvgIpc) is 3.81. The third-order valence-corrected chi connectivity index (χ3v) is 11.4. The van der Waals surface area contributed by atoms with Crippen LogP contribution in [0.1, 0.15) is 12.8 Å². The van der Waals surface area contributed by atoms with E-state index in [4.69, 9.17) is 0 Å². The van der Waals surface area contributed by atoms with Gasteiger partial charge in [-0.3, -0.25) is 0 Å². The van der Waals surface area contributed by atoms with Crippen LogP contribution in [0.4, 0.5) is 0 Å². The summed E-state index contributed by atoms with van der Waals surface area (Å²) in [7, 11) is 0. The molecule has 11 aromatic rings. The van der Waals surface area contributed by atoms with Crippen LogP contribution in [0.15, 0.2) is 152 Å². The van der Waals surface area contributed by atoms with Crippen LogP contribution >= 0.6 is 0 Å². The highest BCUT2D eigenvalue weighted by Gasteiger charge is 2.22. The van der Waals surface area contributed by atoms with E-state index in [2.05, 4.69) is 177 Å². The van der Waals surface area contributed by atoms with Gasteiger partial charge in [0.15, 0.2) is 0 Å². The largest absolute Gasteiger partial charge is 0.309 e. The van der Waals surface area contributed by atoms with Gasteiger partial charge in [-0.05, 0) is 84.0 Å². The average molecular weight is 650 g/mol. The standard InChI is InChI=1S/C48H31N3/c1-2-11-30(12-3-1)31-23-25-32(26-24-31)49-40-18-6-5-14-35(40)39-29-33(27-28-42(39)49)50-43-20-9-15-36-38-17-8-16-37-34-13-4-7-19-41(34)51(48(37)38)45-22-10-21-44(50)47(45)46(36)43/h1-3,5-6,8-29H,4,7H2. The molecule has 1 aliphatic carbocycles. The summed E-state index contributed by atoms with van der Waals surface area (Å²) in [4.78, 5) is 0. The van der Waals surface area contributed by atoms with E-state index in [0.29, 0.717) is 0 Å². The first-order valence-electron chi connectivity index (χ1n) is 17.9. The molecule has 0 atom stereocenters. The molecular formula is C48H31N3. The quantitative estimate of drug-likeness (QED) is 0.181. The lowest BCUT2D eigenvalue weighted by atomic mass is 10.0. The Bertz CT molecular complexity index is 3340. The normalized spacial score (nSPS) is 13.3. The van der Waals surface area contributed by atoms with Crippen LogP contribution in [0.3, 0.4) is 0 Å². The Labute approximate surface area is 293 Å². The van der Waals surface area contributed by atoms with Crippen molar-refractivity contribution in [1.82, 2.24) is 13.5 Å². The molecule has 1 aliphatic rings. The highest BCUT2D eigenvalue weighted by Crippen LogP contribution is 2.42. The minimum atomic E-state index is 1.07. The zero-order valence-electron chi connectivity index (χ0n) is 27.8. The fraction of sp³-hybridized carbons (Fsp3) is 0.0417. The number of hydrogen-bond donors (Lipinski definition) is 0. The predicted molar refractivity (Wildman–Crippen MR) is 215 cm³/mol. The second kappa shape index (κ2) is 9.99. The van der Waals surface area contributed by atoms with Gasteiger partial charge in [0.25, 0.3) is 0 Å². The Morgan fingerprint density at radius 1 is 0.373 bits per heavy atom. The lowest BCUT2D eigenvalue weighted by Crippen LogP contribution is -2.27. The van der Waals surface area contributed by atoms with Crippen molar-refractivity contribution in [2.24, 2.45) is 0 Å². The van der Waals surface area contributed by atoms with Crippen molar-refractivity contribution in [3.63, 3.8) is 0 Å². The van der Waals surface area contributed by atoms with Crippen LogP contribution in [0, 0.1) is 0 Å². The highest BCUT2D eigenvalue weighted by molar-refractivity contribution is 6.29. The first-order chi connectivity index (χ1) is 25.3. The molecule has 0 saturated carbocycles. The van der Waals surface area contributed by atoms with Gasteiger partial charge in [-0.15, -0.1) is 0 Å². The fourth-order valence-corrected chi connectivity index (χ4v) is 9.30. The molecule has 4 heterocycles. The summed E-state index contributed by atoms with van der Waals surface area (Å²) in [5, 5.41) is 11.8. The van der Waals surface area contributed by atoms with E-state index < -0.39 is 0 Å². The summed E-state index contributed by atoms with van der Waals surface area (Å²) in [5.74, 6) is 0. The summed E-state index contributed by atoms with van der Waals surface area (Å²) in [6, 6.07) is 56.1. The Kier molecular flexibility index (Phi) is 5.34. The number of fused-ring (bicyclic) bond motifs is 8. The second-order valence-electron chi connectivity index (χ2n) is 14.0. The molecule has 12 rings (SSSR count). The van der Waals surface area contributed by atoms with Crippen molar-refractivity contribution in [2.75, 3.05) is 0 Å². The van der Waals surface area contributed by atoms with Gasteiger partial charge < -0.3 is 13.5 Å². The number of nitrogens with zero attached hydrogens (tertiary/aromatic N) is 3. The molecule has 0 aliphatic heterocycles. The zero-order chi connectivity index (χ0) is 33.2. The van der Waals surface area contributed by atoms with Gasteiger partial charge in [0.1, 0.15) is 0 Å². The summed E-state index contributed by atoms with van der Waals surface area (Å²) in [5.41, 5.74) is 12.3. The number of hydrogen-bond acceptors (Lipinski definition) is 0. The molecule has 4 aromatic heterocycles. The molecular weight excluding hydrogens is 619 g/mol. The molecule has 0 radical (unpaired) electrons. The summed E-state index contributed by atoms with van der Waals surface area (Å²) < 4.78 is 7.46. The van der Waals surface area contributed by atoms with Crippen molar-refractivity contribution in [2.45, 2.75) is 12.8 Å². The molecule has 0 unspecified atom stereocenters. The first-order valence-corrected chi connectivity index (χ1v) is 17.9. The van der Waals surface area contributed by atoms with E-state index in [-0.39, 0.29) is 0 Å². The van der Waals surface area contributed by atoms with Gasteiger partial charge in [-0.25, -0.2) is 0 Å². The van der Waals surface area contributed by atoms with Crippen LogP contribution < -0.4 is 10.6 Å². The maximum atomic E-state index is 2.56. The lowest BCUT2D eigenvalue weighted by molar-refractivity contribution is 1.08. The van der Waals surface area contributed by atoms with Crippen molar-refractivity contribution < 1.29 is 0 Å². The summed E-state index contributed by atoms with van der Waals surface area (Å²) in [6.45, 7) is 0. The van der Waals surface area contributed by atoms with Gasteiger partial charge in [0, 0.05) is 54.3 Å². The predicted octanol–water partition coefficient (Wildman–Crippen LogP) is 10.9. The van der Waals surface area contributed by atoms with Crippen LogP contribution in [0.5, 0.6) is 0 Å². The van der Waals surface area contributed by atoms with E-state index in [1.807, 2.05) is 0 Å². The van der Waals surface area contributed by atoms with Gasteiger partial charge in [-0.1, -0.05) is 109 Å². The van der Waals surface area contributed by atoms with Crippen molar-refractivity contribution >= 4 is 83.0 Å². The van der Waals surface area contributed by atoms with Crippen LogP contribution in [-0.2, 0) is 0 Å². The molecule has 238 valence electrons. The van der Waals surface area contributed by atoms with E-state index in [0.717, 1.165) is 18.5 Å². The molecule has 3 nitrogen and oxygen atoms in total. The van der Waals surface area contributed by atoms with Gasteiger partial charge in [0.05, 0.1) is 33.1 Å². The summed E-state index contributed by atoms with van der Waals surface area (Å²) in [6.07, 6.45) is 7.05. The van der Waals surface area contributed by atoms with Crippen LogP contribution in [0.25, 0.3) is 105 Å². The Morgan fingerprint density at radius 3 is 1.88 bits per heavy atom.